The zero-order valence-corrected chi connectivity index (χ0v) is 13.9. The average Bonchev–Trinajstić information content (AvgIpc) is 2.81. The van der Waals surface area contributed by atoms with Gasteiger partial charge in [-0.15, -0.1) is 0 Å². The lowest BCUT2D eigenvalue weighted by Gasteiger charge is -2.18. The molecule has 1 aromatic heterocycles. The first-order valence-electron chi connectivity index (χ1n) is 7.55. The van der Waals surface area contributed by atoms with Crippen molar-refractivity contribution in [2.75, 3.05) is 7.11 Å². The molecule has 2 N–H and O–H groups in total. The molecular weight excluding hydrogens is 294 g/mol. The molecule has 23 heavy (non-hydrogen) atoms. The Bertz CT molecular complexity index is 667. The third kappa shape index (κ3) is 3.90. The first-order chi connectivity index (χ1) is 10.9. The van der Waals surface area contributed by atoms with Crippen LogP contribution < -0.4 is 10.1 Å². The van der Waals surface area contributed by atoms with E-state index < -0.39 is 6.10 Å². The molecule has 0 saturated heterocycles. The number of aryl methyl sites for hydroxylation is 2. The van der Waals surface area contributed by atoms with Crippen molar-refractivity contribution < 1.29 is 14.6 Å². The minimum Gasteiger partial charge on any atom is -0.481 e. The van der Waals surface area contributed by atoms with E-state index in [-0.39, 0.29) is 11.9 Å². The number of hydrogen-bond donors (Lipinski definition) is 2. The van der Waals surface area contributed by atoms with Crippen LogP contribution in [0.15, 0.2) is 30.3 Å². The molecule has 1 aromatic carbocycles. The zero-order valence-electron chi connectivity index (χ0n) is 13.9. The Balaban J connectivity index is 2.03. The smallest absolute Gasteiger partial charge is 0.258 e. The van der Waals surface area contributed by atoms with Crippen LogP contribution in [0.2, 0.25) is 0 Å². The number of hydrogen-bond acceptors (Lipinski definition) is 4. The standard InChI is InChI=1S/C17H23N3O3/c1-11(10-14(21)13-8-6-5-7-9-13)18-16(22)15-12(2)19-20(3)17(15)23-4/h5-9,11,14,21H,10H2,1-4H3,(H,18,22). The normalized spacial score (nSPS) is 13.4. The number of methoxy groups -OCH3 is 1. The Labute approximate surface area is 136 Å². The number of rotatable bonds is 6. The van der Waals surface area contributed by atoms with Crippen LogP contribution in [0, 0.1) is 6.92 Å². The summed E-state index contributed by atoms with van der Waals surface area (Å²) in [6.07, 6.45) is -0.194. The van der Waals surface area contributed by atoms with Crippen molar-refractivity contribution in [2.45, 2.75) is 32.4 Å². The molecule has 124 valence electrons. The molecule has 1 amide bonds. The van der Waals surface area contributed by atoms with E-state index in [1.165, 1.54) is 11.8 Å². The number of benzene rings is 1. The summed E-state index contributed by atoms with van der Waals surface area (Å²) in [5, 5.41) is 17.3. The molecule has 0 fully saturated rings. The minimum absolute atomic E-state index is 0.193. The van der Waals surface area contributed by atoms with E-state index in [1.807, 2.05) is 37.3 Å². The second-order valence-corrected chi connectivity index (χ2v) is 5.63. The summed E-state index contributed by atoms with van der Waals surface area (Å²) < 4.78 is 6.78. The topological polar surface area (TPSA) is 76.4 Å². The van der Waals surface area contributed by atoms with Crippen LogP contribution >= 0.6 is 0 Å². The maximum Gasteiger partial charge on any atom is 0.258 e. The number of nitrogens with one attached hydrogen (secondary N) is 1. The van der Waals surface area contributed by atoms with E-state index in [1.54, 1.807) is 14.0 Å². The van der Waals surface area contributed by atoms with Gasteiger partial charge in [-0.05, 0) is 25.8 Å². The lowest BCUT2D eigenvalue weighted by atomic mass is 10.0. The van der Waals surface area contributed by atoms with Gasteiger partial charge in [-0.2, -0.15) is 5.10 Å². The molecule has 2 rings (SSSR count). The average molecular weight is 317 g/mol. The summed E-state index contributed by atoms with van der Waals surface area (Å²) in [6.45, 7) is 3.63. The number of nitrogens with zero attached hydrogens (tertiary/aromatic N) is 2. The summed E-state index contributed by atoms with van der Waals surface area (Å²) >= 11 is 0. The fraction of sp³-hybridized carbons (Fsp3) is 0.412. The number of aliphatic hydroxyl groups is 1. The molecule has 0 aliphatic heterocycles. The lowest BCUT2D eigenvalue weighted by Crippen LogP contribution is -2.34. The highest BCUT2D eigenvalue weighted by atomic mass is 16.5. The summed E-state index contributed by atoms with van der Waals surface area (Å²) in [4.78, 5) is 12.5. The summed E-state index contributed by atoms with van der Waals surface area (Å²) in [5.74, 6) is 0.177. The number of aliphatic hydroxyl groups excluding tert-OH is 1. The highest BCUT2D eigenvalue weighted by Crippen LogP contribution is 2.22. The molecule has 0 aliphatic rings. The van der Waals surface area contributed by atoms with E-state index in [0.29, 0.717) is 23.6 Å². The number of amides is 1. The fourth-order valence-corrected chi connectivity index (χ4v) is 2.63. The molecule has 0 saturated carbocycles. The molecule has 0 aliphatic carbocycles. The van der Waals surface area contributed by atoms with Crippen LogP contribution in [0.3, 0.4) is 0 Å². The second kappa shape index (κ2) is 7.28. The van der Waals surface area contributed by atoms with Crippen LogP contribution in [0.5, 0.6) is 5.88 Å². The minimum atomic E-state index is -0.622. The zero-order chi connectivity index (χ0) is 17.0. The van der Waals surface area contributed by atoms with Crippen molar-refractivity contribution in [3.05, 3.63) is 47.2 Å². The Morgan fingerprint density at radius 3 is 2.65 bits per heavy atom. The highest BCUT2D eigenvalue weighted by molar-refractivity contribution is 5.97. The van der Waals surface area contributed by atoms with Gasteiger partial charge in [0.25, 0.3) is 5.91 Å². The van der Waals surface area contributed by atoms with Crippen LogP contribution in [-0.2, 0) is 7.05 Å². The number of ether oxygens (including phenoxy) is 1. The van der Waals surface area contributed by atoms with Gasteiger partial charge in [0.1, 0.15) is 5.56 Å². The summed E-state index contributed by atoms with van der Waals surface area (Å²) in [7, 11) is 3.24. The van der Waals surface area contributed by atoms with Crippen molar-refractivity contribution in [1.82, 2.24) is 15.1 Å². The van der Waals surface area contributed by atoms with Gasteiger partial charge >= 0.3 is 0 Å². The quantitative estimate of drug-likeness (QED) is 0.854. The fourth-order valence-electron chi connectivity index (χ4n) is 2.63. The van der Waals surface area contributed by atoms with Gasteiger partial charge in [-0.25, -0.2) is 4.68 Å². The van der Waals surface area contributed by atoms with Gasteiger partial charge in [0.15, 0.2) is 0 Å². The molecule has 2 unspecified atom stereocenters. The van der Waals surface area contributed by atoms with Crippen LogP contribution in [0.1, 0.15) is 41.1 Å². The summed E-state index contributed by atoms with van der Waals surface area (Å²) in [5.41, 5.74) is 1.87. The third-order valence-corrected chi connectivity index (χ3v) is 3.73. The monoisotopic (exact) mass is 317 g/mol. The number of carbonyl (C=O) groups excluding carboxylic acids is 1. The highest BCUT2D eigenvalue weighted by Gasteiger charge is 2.23. The molecule has 0 bridgehead atoms. The summed E-state index contributed by atoms with van der Waals surface area (Å²) in [6, 6.07) is 9.21. The van der Waals surface area contributed by atoms with E-state index >= 15 is 0 Å². The van der Waals surface area contributed by atoms with Gasteiger partial charge in [0.05, 0.1) is 18.9 Å². The molecule has 1 heterocycles. The van der Waals surface area contributed by atoms with E-state index in [9.17, 15) is 9.90 Å². The van der Waals surface area contributed by atoms with E-state index in [2.05, 4.69) is 10.4 Å². The van der Waals surface area contributed by atoms with Crippen molar-refractivity contribution >= 4 is 5.91 Å². The maximum absolute atomic E-state index is 12.5. The Kier molecular flexibility index (Phi) is 5.39. The predicted molar refractivity (Wildman–Crippen MR) is 87.4 cm³/mol. The Morgan fingerprint density at radius 1 is 1.39 bits per heavy atom. The Morgan fingerprint density at radius 2 is 2.04 bits per heavy atom. The Hall–Kier alpha value is -2.34. The molecule has 0 radical (unpaired) electrons. The van der Waals surface area contributed by atoms with E-state index in [4.69, 9.17) is 4.74 Å². The van der Waals surface area contributed by atoms with Crippen LogP contribution in [0.25, 0.3) is 0 Å². The van der Waals surface area contributed by atoms with Gasteiger partial charge < -0.3 is 15.2 Å². The van der Waals surface area contributed by atoms with Crippen molar-refractivity contribution in [3.63, 3.8) is 0 Å². The first kappa shape index (κ1) is 17.0. The van der Waals surface area contributed by atoms with Crippen molar-refractivity contribution in [2.24, 2.45) is 7.05 Å². The first-order valence-corrected chi connectivity index (χ1v) is 7.55. The number of aromatic nitrogens is 2. The van der Waals surface area contributed by atoms with Crippen LogP contribution in [0.4, 0.5) is 0 Å². The van der Waals surface area contributed by atoms with Gasteiger partial charge in [-0.1, -0.05) is 30.3 Å². The molecule has 2 atom stereocenters. The molecule has 0 spiro atoms. The van der Waals surface area contributed by atoms with Gasteiger partial charge in [0.2, 0.25) is 5.88 Å². The molecule has 6 nitrogen and oxygen atoms in total. The molecule has 2 aromatic rings. The molecule has 6 heteroatoms. The van der Waals surface area contributed by atoms with Crippen molar-refractivity contribution in [3.8, 4) is 5.88 Å². The SMILES string of the molecule is COc1c(C(=O)NC(C)CC(O)c2ccccc2)c(C)nn1C. The van der Waals surface area contributed by atoms with Gasteiger partial charge in [0, 0.05) is 13.1 Å². The number of carbonyl (C=O) groups is 1. The lowest BCUT2D eigenvalue weighted by molar-refractivity contribution is 0.0913. The van der Waals surface area contributed by atoms with Crippen molar-refractivity contribution in [1.29, 1.82) is 0 Å². The van der Waals surface area contributed by atoms with Gasteiger partial charge in [-0.3, -0.25) is 4.79 Å². The van der Waals surface area contributed by atoms with E-state index in [0.717, 1.165) is 5.56 Å². The molecular formula is C17H23N3O3. The maximum atomic E-state index is 12.5. The predicted octanol–water partition coefficient (Wildman–Crippen LogP) is 1.98. The second-order valence-electron chi connectivity index (χ2n) is 5.63. The van der Waals surface area contributed by atoms with Crippen LogP contribution in [-0.4, -0.2) is 33.9 Å². The largest absolute Gasteiger partial charge is 0.481 e. The third-order valence-electron chi connectivity index (χ3n) is 3.73.